The molecule has 18 heteroatoms. The number of nitrogens with one attached hydrogen (secondary N) is 2. The Morgan fingerprint density at radius 3 is 1.88 bits per heavy atom. The molecule has 18 nitrogen and oxygen atoms in total. The number of rotatable bonds is 6. The first-order chi connectivity index (χ1) is 25.5. The number of aryl methyl sites for hydroxylation is 1. The van der Waals surface area contributed by atoms with E-state index in [0.29, 0.717) is 29.5 Å². The summed E-state index contributed by atoms with van der Waals surface area (Å²) in [6.07, 6.45) is 19.8. The molecule has 0 bridgehead atoms. The van der Waals surface area contributed by atoms with E-state index in [1.807, 2.05) is 47.5 Å². The van der Waals surface area contributed by atoms with E-state index in [9.17, 15) is 9.59 Å². The minimum atomic E-state index is -0.0360. The number of nitrogens with zero attached hydrogens (tertiary/aromatic N) is 13. The molecule has 9 heterocycles. The van der Waals surface area contributed by atoms with E-state index in [1.165, 1.54) is 43.2 Å². The van der Waals surface area contributed by atoms with Crippen molar-refractivity contribution in [2.75, 3.05) is 6.61 Å². The average molecular weight is 697 g/mol. The van der Waals surface area contributed by atoms with Crippen LogP contribution >= 0.6 is 0 Å². The van der Waals surface area contributed by atoms with Gasteiger partial charge in [0.15, 0.2) is 50.5 Å². The molecule has 258 valence electrons. The summed E-state index contributed by atoms with van der Waals surface area (Å²) in [4.78, 5) is 65.6. The van der Waals surface area contributed by atoms with Crippen molar-refractivity contribution in [1.29, 1.82) is 0 Å². The number of pyridine rings is 3. The largest absolute Gasteiger partial charge is 0.494 e. The van der Waals surface area contributed by atoms with Gasteiger partial charge in [-0.2, -0.15) is 4.98 Å². The summed E-state index contributed by atoms with van der Waals surface area (Å²) < 4.78 is 12.7. The van der Waals surface area contributed by atoms with E-state index in [0.717, 1.165) is 40.3 Å². The highest BCUT2D eigenvalue weighted by Crippen LogP contribution is 2.16. The topological polar surface area (TPSA) is 210 Å². The van der Waals surface area contributed by atoms with E-state index in [-0.39, 0.29) is 10.9 Å². The van der Waals surface area contributed by atoms with Gasteiger partial charge < -0.3 is 28.4 Å². The molecular formula is C34H30N15O3+. The summed E-state index contributed by atoms with van der Waals surface area (Å²) >= 11 is 0. The second-order valence-corrected chi connectivity index (χ2v) is 10.8. The Hall–Kier alpha value is -7.50. The van der Waals surface area contributed by atoms with Crippen LogP contribution < -0.4 is 20.2 Å². The molecule has 0 aromatic carbocycles. The molecule has 0 radical (unpaired) electrons. The van der Waals surface area contributed by atoms with Gasteiger partial charge in [-0.05, 0) is 18.8 Å². The Labute approximate surface area is 293 Å². The summed E-state index contributed by atoms with van der Waals surface area (Å²) in [5.74, 6) is 2.94. The van der Waals surface area contributed by atoms with Crippen molar-refractivity contribution in [1.82, 2.24) is 68.5 Å². The van der Waals surface area contributed by atoms with E-state index in [1.54, 1.807) is 52.9 Å². The number of hydrogen-bond acceptors (Lipinski definition) is 12. The van der Waals surface area contributed by atoms with Gasteiger partial charge in [0.2, 0.25) is 6.33 Å². The summed E-state index contributed by atoms with van der Waals surface area (Å²) in [6, 6.07) is 9.73. The normalized spacial score (nSPS) is 10.8. The Morgan fingerprint density at radius 1 is 0.654 bits per heavy atom. The van der Waals surface area contributed by atoms with Gasteiger partial charge in [0.1, 0.15) is 23.9 Å². The van der Waals surface area contributed by atoms with Crippen LogP contribution in [0.15, 0.2) is 121 Å². The lowest BCUT2D eigenvalue weighted by Crippen LogP contribution is -2.31. The van der Waals surface area contributed by atoms with Gasteiger partial charge in [0.25, 0.3) is 0 Å². The Balaban J connectivity index is 0.000000122. The first-order valence-corrected chi connectivity index (χ1v) is 16.0. The zero-order valence-electron chi connectivity index (χ0n) is 27.8. The number of fused-ring (bicyclic) bond motifs is 3. The predicted octanol–water partition coefficient (Wildman–Crippen LogP) is 2.53. The minimum Gasteiger partial charge on any atom is -0.494 e. The van der Waals surface area contributed by atoms with E-state index in [4.69, 9.17) is 4.74 Å². The maximum absolute atomic E-state index is 11.1. The Bertz CT molecular complexity index is 2670. The lowest BCUT2D eigenvalue weighted by molar-refractivity contribution is -0.598. The summed E-state index contributed by atoms with van der Waals surface area (Å²) in [5, 5.41) is 0. The van der Waals surface area contributed by atoms with Gasteiger partial charge in [0, 0.05) is 67.7 Å². The standard InChI is InChI=1S/C12H11N5O.C12H12N5O.C10H7N5O/c1-2-16-8-15-10-11(16)13-7-14-12(10)17-5-3-9(18)4-6-17;1-2-18-9-3-5-17(6-4-9)12-10-11(14-7-13-10)15-8-16-12;16-7-1-3-15(4-2-7)10-8-9(12-5-11-8)13-6-14-10/h3-8H,2H2,1H3;3-8H,2H2,1H3,(H,13,14,15,16);1-6H,(H,11,12,13,14)/q;+1;. The van der Waals surface area contributed by atoms with Crippen LogP contribution in [-0.4, -0.2) is 75.1 Å². The van der Waals surface area contributed by atoms with Crippen molar-refractivity contribution in [2.24, 2.45) is 0 Å². The lowest BCUT2D eigenvalue weighted by Gasteiger charge is -2.05. The molecule has 52 heavy (non-hydrogen) atoms. The molecule has 0 unspecified atom stereocenters. The number of hydrogen-bond donors (Lipinski definition) is 2. The lowest BCUT2D eigenvalue weighted by atomic mass is 10.4. The maximum atomic E-state index is 11.1. The van der Waals surface area contributed by atoms with Crippen LogP contribution in [0.3, 0.4) is 0 Å². The van der Waals surface area contributed by atoms with Crippen molar-refractivity contribution >= 4 is 33.5 Å². The quantitative estimate of drug-likeness (QED) is 0.240. The molecule has 0 amide bonds. The molecule has 0 saturated heterocycles. The summed E-state index contributed by atoms with van der Waals surface area (Å²) in [7, 11) is 0. The fraction of sp³-hybridized carbons (Fsp3) is 0.118. The number of ether oxygens (including phenoxy) is 1. The van der Waals surface area contributed by atoms with Gasteiger partial charge >= 0.3 is 5.82 Å². The van der Waals surface area contributed by atoms with E-state index >= 15 is 0 Å². The highest BCUT2D eigenvalue weighted by atomic mass is 16.5. The molecule has 0 aliphatic carbocycles. The molecule has 0 aliphatic heterocycles. The maximum Gasteiger partial charge on any atom is 0.357 e. The minimum absolute atomic E-state index is 0.0318. The van der Waals surface area contributed by atoms with Crippen molar-refractivity contribution in [2.45, 2.75) is 20.4 Å². The molecule has 0 fully saturated rings. The second-order valence-electron chi connectivity index (χ2n) is 10.8. The Morgan fingerprint density at radius 2 is 1.23 bits per heavy atom. The molecular weight excluding hydrogens is 666 g/mol. The summed E-state index contributed by atoms with van der Waals surface area (Å²) in [5.41, 5.74) is 4.26. The van der Waals surface area contributed by atoms with Crippen LogP contribution in [0.1, 0.15) is 13.8 Å². The van der Waals surface area contributed by atoms with Gasteiger partial charge in [-0.15, -0.1) is 0 Å². The van der Waals surface area contributed by atoms with Gasteiger partial charge in [-0.3, -0.25) is 9.59 Å². The highest BCUT2D eigenvalue weighted by molar-refractivity contribution is 5.78. The first kappa shape index (κ1) is 33.0. The van der Waals surface area contributed by atoms with Crippen molar-refractivity contribution in [3.05, 3.63) is 132 Å². The predicted molar refractivity (Wildman–Crippen MR) is 188 cm³/mol. The number of aromatic amines is 2. The van der Waals surface area contributed by atoms with Gasteiger partial charge in [0.05, 0.1) is 38.0 Å². The molecule has 2 N–H and O–H groups in total. The van der Waals surface area contributed by atoms with Crippen LogP contribution in [0.5, 0.6) is 5.75 Å². The van der Waals surface area contributed by atoms with Crippen LogP contribution in [0.25, 0.3) is 50.9 Å². The highest BCUT2D eigenvalue weighted by Gasteiger charge is 2.15. The van der Waals surface area contributed by atoms with E-state index < -0.39 is 0 Å². The van der Waals surface area contributed by atoms with E-state index in [2.05, 4.69) is 54.8 Å². The first-order valence-electron chi connectivity index (χ1n) is 16.0. The van der Waals surface area contributed by atoms with Crippen molar-refractivity contribution in [3.8, 4) is 23.2 Å². The van der Waals surface area contributed by atoms with Crippen LogP contribution in [-0.2, 0) is 6.54 Å². The molecule has 9 rings (SSSR count). The number of imidazole rings is 3. The van der Waals surface area contributed by atoms with Crippen LogP contribution in [0.2, 0.25) is 0 Å². The van der Waals surface area contributed by atoms with Crippen LogP contribution in [0.4, 0.5) is 0 Å². The molecule has 0 spiro atoms. The molecule has 0 atom stereocenters. The average Bonchev–Trinajstić information content (AvgIpc) is 3.96. The fourth-order valence-electron chi connectivity index (χ4n) is 5.11. The van der Waals surface area contributed by atoms with Crippen LogP contribution in [0, 0.1) is 0 Å². The zero-order valence-corrected chi connectivity index (χ0v) is 27.8. The van der Waals surface area contributed by atoms with Crippen molar-refractivity contribution in [3.63, 3.8) is 0 Å². The van der Waals surface area contributed by atoms with Gasteiger partial charge in [-0.25, -0.2) is 39.5 Å². The fourth-order valence-corrected chi connectivity index (χ4v) is 5.11. The zero-order chi connectivity index (χ0) is 35.9. The summed E-state index contributed by atoms with van der Waals surface area (Å²) in [6.45, 7) is 5.45. The third-order valence-electron chi connectivity index (χ3n) is 7.57. The Kier molecular flexibility index (Phi) is 9.49. The smallest absolute Gasteiger partial charge is 0.357 e. The SMILES string of the molecule is CCOc1cc[n+](-c2ncnc3nc[nH]c23)cc1.CCn1cnc2c(-n3ccc(=O)cc3)ncnc21.O=c1ccn(-c2ncnc3nc[nH]c23)cc1. The second kappa shape index (κ2) is 14.9. The third kappa shape index (κ3) is 6.97. The number of H-pyrrole nitrogens is 2. The van der Waals surface area contributed by atoms with Gasteiger partial charge in [-0.1, -0.05) is 0 Å². The molecule has 0 aliphatic rings. The molecule has 0 saturated carbocycles. The monoisotopic (exact) mass is 696 g/mol. The number of aromatic nitrogens is 15. The molecule has 9 aromatic rings. The third-order valence-corrected chi connectivity index (χ3v) is 7.57. The van der Waals surface area contributed by atoms with Crippen molar-refractivity contribution < 1.29 is 9.30 Å². The molecule has 9 aromatic heterocycles.